The fourth-order valence-corrected chi connectivity index (χ4v) is 2.47. The molecule has 1 saturated carbocycles. The van der Waals surface area contributed by atoms with Gasteiger partial charge in [0, 0.05) is 12.0 Å². The van der Waals surface area contributed by atoms with Gasteiger partial charge in [0.25, 0.3) is 5.91 Å². The molecule has 118 valence electrons. The van der Waals surface area contributed by atoms with E-state index in [2.05, 4.69) is 5.32 Å². The summed E-state index contributed by atoms with van der Waals surface area (Å²) in [6, 6.07) is 4.41. The Kier molecular flexibility index (Phi) is 5.80. The van der Waals surface area contributed by atoms with Crippen LogP contribution in [-0.2, 0) is 14.3 Å². The maximum absolute atomic E-state index is 11.9. The predicted molar refractivity (Wildman–Crippen MR) is 82.2 cm³/mol. The summed E-state index contributed by atoms with van der Waals surface area (Å²) in [5, 5.41) is 3.02. The highest BCUT2D eigenvalue weighted by Crippen LogP contribution is 2.22. The van der Waals surface area contributed by atoms with E-state index in [1.165, 1.54) is 18.2 Å². The highest BCUT2D eigenvalue weighted by Gasteiger charge is 2.25. The van der Waals surface area contributed by atoms with Gasteiger partial charge in [-0.2, -0.15) is 0 Å². The molecular weight excluding hydrogens is 329 g/mol. The molecule has 0 aliphatic heterocycles. The van der Waals surface area contributed by atoms with E-state index in [4.69, 9.17) is 27.9 Å². The van der Waals surface area contributed by atoms with Gasteiger partial charge in [-0.15, -0.1) is 0 Å². The Balaban J connectivity index is 1.83. The second-order valence-corrected chi connectivity index (χ2v) is 5.82. The molecular formula is C15H15Cl2NO4. The molecule has 0 bridgehead atoms. The fraction of sp³-hybridized carbons (Fsp3) is 0.400. The van der Waals surface area contributed by atoms with Crippen LogP contribution in [-0.4, -0.2) is 30.3 Å². The highest BCUT2D eigenvalue weighted by atomic mass is 35.5. The van der Waals surface area contributed by atoms with E-state index < -0.39 is 18.0 Å². The van der Waals surface area contributed by atoms with Crippen LogP contribution in [0.15, 0.2) is 18.2 Å². The molecule has 5 nitrogen and oxygen atoms in total. The Bertz CT molecular complexity index is 603. The minimum absolute atomic E-state index is 0.0598. The van der Waals surface area contributed by atoms with Crippen LogP contribution in [0.25, 0.3) is 0 Å². The number of benzene rings is 1. The molecule has 1 atom stereocenters. The standard InChI is InChI=1S/C15H15Cl2NO4/c16-10-6-5-9(7-11(10)17)15(21)18-8-14(20)22-13-4-2-1-3-12(13)19/h5-7,13H,1-4,8H2,(H,18,21)/t13-/m1/s1. The maximum Gasteiger partial charge on any atom is 0.326 e. The molecule has 7 heteroatoms. The van der Waals surface area contributed by atoms with E-state index in [1.54, 1.807) is 0 Å². The van der Waals surface area contributed by atoms with Gasteiger partial charge in [-0.05, 0) is 37.5 Å². The van der Waals surface area contributed by atoms with Gasteiger partial charge in [0.15, 0.2) is 11.9 Å². The minimum Gasteiger partial charge on any atom is -0.453 e. The number of esters is 1. The van der Waals surface area contributed by atoms with Crippen molar-refractivity contribution in [2.45, 2.75) is 31.8 Å². The van der Waals surface area contributed by atoms with Crippen molar-refractivity contribution in [1.82, 2.24) is 5.32 Å². The quantitative estimate of drug-likeness (QED) is 0.853. The van der Waals surface area contributed by atoms with Crippen LogP contribution in [0, 0.1) is 0 Å². The lowest BCUT2D eigenvalue weighted by Gasteiger charge is -2.20. The highest BCUT2D eigenvalue weighted by molar-refractivity contribution is 6.42. The van der Waals surface area contributed by atoms with Gasteiger partial charge in [0.1, 0.15) is 6.54 Å². The number of halogens is 2. The van der Waals surface area contributed by atoms with Crippen molar-refractivity contribution in [3.63, 3.8) is 0 Å². The molecule has 1 N–H and O–H groups in total. The summed E-state index contributed by atoms with van der Waals surface area (Å²) < 4.78 is 5.08. The molecule has 1 fully saturated rings. The smallest absolute Gasteiger partial charge is 0.326 e. The third-order valence-electron chi connectivity index (χ3n) is 3.35. The molecule has 0 aromatic heterocycles. The van der Waals surface area contributed by atoms with Gasteiger partial charge >= 0.3 is 5.97 Å². The van der Waals surface area contributed by atoms with Gasteiger partial charge in [0.2, 0.25) is 0 Å². The van der Waals surface area contributed by atoms with Crippen LogP contribution < -0.4 is 5.32 Å². The molecule has 0 spiro atoms. The summed E-state index contributed by atoms with van der Waals surface area (Å²) in [6.07, 6.45) is 2.00. The van der Waals surface area contributed by atoms with Gasteiger partial charge < -0.3 is 10.1 Å². The topological polar surface area (TPSA) is 72.5 Å². The summed E-state index contributed by atoms with van der Waals surface area (Å²) in [7, 11) is 0. The summed E-state index contributed by atoms with van der Waals surface area (Å²) >= 11 is 11.6. The van der Waals surface area contributed by atoms with E-state index in [0.29, 0.717) is 17.9 Å². The molecule has 2 rings (SSSR count). The second kappa shape index (κ2) is 7.61. The molecule has 0 heterocycles. The largest absolute Gasteiger partial charge is 0.453 e. The zero-order valence-electron chi connectivity index (χ0n) is 11.7. The summed E-state index contributed by atoms with van der Waals surface area (Å²) in [6.45, 7) is -0.303. The number of Topliss-reactive ketones (excluding diaryl/α,β-unsaturated/α-hetero) is 1. The molecule has 1 aromatic carbocycles. The van der Waals surface area contributed by atoms with Crippen molar-refractivity contribution < 1.29 is 19.1 Å². The molecule has 0 unspecified atom stereocenters. The van der Waals surface area contributed by atoms with E-state index >= 15 is 0 Å². The van der Waals surface area contributed by atoms with Crippen LogP contribution in [0.2, 0.25) is 10.0 Å². The number of hydrogen-bond donors (Lipinski definition) is 1. The van der Waals surface area contributed by atoms with Gasteiger partial charge in [-0.3, -0.25) is 14.4 Å². The van der Waals surface area contributed by atoms with Gasteiger partial charge in [0.05, 0.1) is 10.0 Å². The van der Waals surface area contributed by atoms with Crippen molar-refractivity contribution in [2.75, 3.05) is 6.54 Å². The van der Waals surface area contributed by atoms with Crippen LogP contribution in [0.4, 0.5) is 0 Å². The Morgan fingerprint density at radius 1 is 1.23 bits per heavy atom. The lowest BCUT2D eigenvalue weighted by molar-refractivity contribution is -0.155. The maximum atomic E-state index is 11.9. The summed E-state index contributed by atoms with van der Waals surface area (Å²) in [5.41, 5.74) is 0.288. The van der Waals surface area contributed by atoms with Gasteiger partial charge in [-0.25, -0.2) is 0 Å². The zero-order valence-corrected chi connectivity index (χ0v) is 13.2. The monoisotopic (exact) mass is 343 g/mol. The summed E-state index contributed by atoms with van der Waals surface area (Å²) in [4.78, 5) is 35.1. The van der Waals surface area contributed by atoms with E-state index in [-0.39, 0.29) is 22.9 Å². The Labute approximate surface area is 137 Å². The van der Waals surface area contributed by atoms with Crippen LogP contribution in [0.5, 0.6) is 0 Å². The van der Waals surface area contributed by atoms with Crippen molar-refractivity contribution in [1.29, 1.82) is 0 Å². The van der Waals surface area contributed by atoms with Crippen molar-refractivity contribution in [3.05, 3.63) is 33.8 Å². The molecule has 1 aliphatic rings. The lowest BCUT2D eigenvalue weighted by Crippen LogP contribution is -2.36. The summed E-state index contributed by atoms with van der Waals surface area (Å²) in [5.74, 6) is -1.16. The van der Waals surface area contributed by atoms with Crippen molar-refractivity contribution >= 4 is 40.9 Å². The Morgan fingerprint density at radius 2 is 2.00 bits per heavy atom. The number of nitrogens with one attached hydrogen (secondary N) is 1. The minimum atomic E-state index is -0.678. The molecule has 0 saturated heterocycles. The average molecular weight is 344 g/mol. The first-order chi connectivity index (χ1) is 10.5. The molecule has 1 aromatic rings. The number of carbonyl (C=O) groups is 3. The van der Waals surface area contributed by atoms with Crippen LogP contribution in [0.1, 0.15) is 36.0 Å². The second-order valence-electron chi connectivity index (χ2n) is 5.00. The first-order valence-electron chi connectivity index (χ1n) is 6.93. The van der Waals surface area contributed by atoms with Crippen molar-refractivity contribution in [3.8, 4) is 0 Å². The van der Waals surface area contributed by atoms with Crippen LogP contribution >= 0.6 is 23.2 Å². The fourth-order valence-electron chi connectivity index (χ4n) is 2.17. The zero-order chi connectivity index (χ0) is 16.1. The normalized spacial score (nSPS) is 17.9. The van der Waals surface area contributed by atoms with E-state index in [0.717, 1.165) is 12.8 Å². The molecule has 1 aliphatic carbocycles. The SMILES string of the molecule is O=C(CNC(=O)c1ccc(Cl)c(Cl)c1)O[C@@H]1CCCCC1=O. The number of ketones is 1. The third-order valence-corrected chi connectivity index (χ3v) is 4.09. The van der Waals surface area contributed by atoms with E-state index in [1.807, 2.05) is 0 Å². The first-order valence-corrected chi connectivity index (χ1v) is 7.68. The number of ether oxygens (including phenoxy) is 1. The lowest BCUT2D eigenvalue weighted by atomic mass is 9.96. The van der Waals surface area contributed by atoms with Gasteiger partial charge in [-0.1, -0.05) is 23.2 Å². The van der Waals surface area contributed by atoms with Crippen molar-refractivity contribution in [2.24, 2.45) is 0 Å². The number of amides is 1. The van der Waals surface area contributed by atoms with E-state index in [9.17, 15) is 14.4 Å². The third kappa shape index (κ3) is 4.45. The average Bonchev–Trinajstić information content (AvgIpc) is 2.50. The Hall–Kier alpha value is -1.59. The molecule has 0 radical (unpaired) electrons. The molecule has 22 heavy (non-hydrogen) atoms. The number of carbonyl (C=O) groups excluding carboxylic acids is 3. The Morgan fingerprint density at radius 3 is 2.68 bits per heavy atom. The predicted octanol–water partition coefficient (Wildman–Crippen LogP) is 2.78. The molecule has 1 amide bonds. The van der Waals surface area contributed by atoms with Crippen LogP contribution in [0.3, 0.4) is 0 Å². The number of rotatable bonds is 4. The number of hydrogen-bond acceptors (Lipinski definition) is 4. The first kappa shape index (κ1) is 16.8.